The van der Waals surface area contributed by atoms with Gasteiger partial charge in [-0.25, -0.2) is 0 Å². The van der Waals surface area contributed by atoms with Gasteiger partial charge in [0.2, 0.25) is 0 Å². The number of nitrogens with one attached hydrogen (secondary N) is 1. The van der Waals surface area contributed by atoms with Crippen molar-refractivity contribution in [2.24, 2.45) is 0 Å². The van der Waals surface area contributed by atoms with Crippen LogP contribution in [0.1, 0.15) is 32.6 Å². The van der Waals surface area contributed by atoms with Gasteiger partial charge in [0.25, 0.3) is 0 Å². The summed E-state index contributed by atoms with van der Waals surface area (Å²) in [6.45, 7) is 5.78. The van der Waals surface area contributed by atoms with Crippen LogP contribution in [0.5, 0.6) is 0 Å². The number of unbranched alkanes of at least 4 members (excludes halogenated alkanes) is 1. The molecule has 0 saturated carbocycles. The Bertz CT molecular complexity index is 304. The molecular formula is C15H24N2. The van der Waals surface area contributed by atoms with Gasteiger partial charge in [0.15, 0.2) is 0 Å². The number of anilines is 1. The molecule has 1 aliphatic rings. The molecule has 2 nitrogen and oxygen atoms in total. The lowest BCUT2D eigenvalue weighted by atomic mass is 10.0. The van der Waals surface area contributed by atoms with Crippen LogP contribution in [0.2, 0.25) is 0 Å². The lowest BCUT2D eigenvalue weighted by Gasteiger charge is -2.36. The van der Waals surface area contributed by atoms with E-state index >= 15 is 0 Å². The van der Waals surface area contributed by atoms with Gasteiger partial charge >= 0.3 is 0 Å². The average molecular weight is 232 g/mol. The predicted molar refractivity (Wildman–Crippen MR) is 74.6 cm³/mol. The van der Waals surface area contributed by atoms with Crippen molar-refractivity contribution in [1.29, 1.82) is 0 Å². The summed E-state index contributed by atoms with van der Waals surface area (Å²) < 4.78 is 0. The van der Waals surface area contributed by atoms with Crippen molar-refractivity contribution in [3.05, 3.63) is 30.3 Å². The normalized spacial score (nSPS) is 20.2. The van der Waals surface area contributed by atoms with Crippen molar-refractivity contribution in [3.63, 3.8) is 0 Å². The molecule has 1 aliphatic heterocycles. The van der Waals surface area contributed by atoms with Crippen molar-refractivity contribution in [3.8, 4) is 0 Å². The van der Waals surface area contributed by atoms with E-state index in [1.54, 1.807) is 0 Å². The minimum absolute atomic E-state index is 0.678. The van der Waals surface area contributed by atoms with Crippen molar-refractivity contribution in [1.82, 2.24) is 5.32 Å². The molecule has 1 heterocycles. The number of hydrogen-bond acceptors (Lipinski definition) is 2. The molecule has 0 bridgehead atoms. The first-order valence-electron chi connectivity index (χ1n) is 6.94. The lowest BCUT2D eigenvalue weighted by molar-refractivity contribution is 0.428. The Morgan fingerprint density at radius 1 is 1.29 bits per heavy atom. The highest BCUT2D eigenvalue weighted by molar-refractivity contribution is 5.47. The zero-order valence-corrected chi connectivity index (χ0v) is 10.9. The molecule has 0 aliphatic carbocycles. The Kier molecular flexibility index (Phi) is 4.87. The molecule has 0 aromatic heterocycles. The van der Waals surface area contributed by atoms with Gasteiger partial charge in [-0.05, 0) is 37.9 Å². The average Bonchev–Trinajstić information content (AvgIpc) is 2.42. The molecule has 1 unspecified atom stereocenters. The third-order valence-electron chi connectivity index (χ3n) is 3.55. The van der Waals surface area contributed by atoms with Crippen LogP contribution in [0.25, 0.3) is 0 Å². The second kappa shape index (κ2) is 6.65. The fourth-order valence-electron chi connectivity index (χ4n) is 2.57. The molecule has 1 N–H and O–H groups in total. The van der Waals surface area contributed by atoms with Gasteiger partial charge in [-0.15, -0.1) is 0 Å². The van der Waals surface area contributed by atoms with Crippen molar-refractivity contribution in [2.75, 3.05) is 24.5 Å². The van der Waals surface area contributed by atoms with Crippen LogP contribution in [0, 0.1) is 0 Å². The number of nitrogens with zero attached hydrogens (tertiary/aromatic N) is 1. The van der Waals surface area contributed by atoms with E-state index in [9.17, 15) is 0 Å². The number of rotatable bonds is 5. The summed E-state index contributed by atoms with van der Waals surface area (Å²) >= 11 is 0. The van der Waals surface area contributed by atoms with Crippen LogP contribution in [-0.4, -0.2) is 25.7 Å². The Balaban J connectivity index is 2.06. The first kappa shape index (κ1) is 12.4. The van der Waals surface area contributed by atoms with Crippen LogP contribution in [0.15, 0.2) is 30.3 Å². The van der Waals surface area contributed by atoms with E-state index in [2.05, 4.69) is 47.5 Å². The molecule has 17 heavy (non-hydrogen) atoms. The molecule has 1 atom stereocenters. The third kappa shape index (κ3) is 3.47. The summed E-state index contributed by atoms with van der Waals surface area (Å²) in [6, 6.07) is 11.5. The Morgan fingerprint density at radius 3 is 2.76 bits per heavy atom. The van der Waals surface area contributed by atoms with E-state index in [-0.39, 0.29) is 0 Å². The summed E-state index contributed by atoms with van der Waals surface area (Å²) in [4.78, 5) is 2.59. The molecule has 1 saturated heterocycles. The topological polar surface area (TPSA) is 15.3 Å². The number of benzene rings is 1. The van der Waals surface area contributed by atoms with E-state index in [1.807, 2.05) is 0 Å². The van der Waals surface area contributed by atoms with E-state index in [0.29, 0.717) is 6.04 Å². The van der Waals surface area contributed by atoms with Crippen LogP contribution in [0.4, 0.5) is 5.69 Å². The molecule has 1 aromatic carbocycles. The Labute approximate surface area is 105 Å². The minimum Gasteiger partial charge on any atom is -0.367 e. The highest BCUT2D eigenvalue weighted by atomic mass is 15.2. The second-order valence-electron chi connectivity index (χ2n) is 4.88. The van der Waals surface area contributed by atoms with Crippen molar-refractivity contribution >= 4 is 5.69 Å². The standard InChI is InChI=1S/C15H24N2/c1-2-3-12-17(14-8-5-4-6-9-14)15-10-7-11-16-13-15/h4-6,8-9,15-16H,2-3,7,10-13H2,1H3. The summed E-state index contributed by atoms with van der Waals surface area (Å²) in [7, 11) is 0. The molecular weight excluding hydrogens is 208 g/mol. The van der Waals surface area contributed by atoms with E-state index < -0.39 is 0 Å². The van der Waals surface area contributed by atoms with Crippen LogP contribution < -0.4 is 10.2 Å². The number of piperidine rings is 1. The number of hydrogen-bond donors (Lipinski definition) is 1. The smallest absolute Gasteiger partial charge is 0.0415 e. The summed E-state index contributed by atoms with van der Waals surface area (Å²) in [5.74, 6) is 0. The van der Waals surface area contributed by atoms with Gasteiger partial charge < -0.3 is 10.2 Å². The zero-order valence-electron chi connectivity index (χ0n) is 10.9. The molecule has 94 valence electrons. The first-order valence-corrected chi connectivity index (χ1v) is 6.94. The zero-order chi connectivity index (χ0) is 11.9. The van der Waals surface area contributed by atoms with E-state index in [0.717, 1.165) is 6.54 Å². The van der Waals surface area contributed by atoms with Crippen molar-refractivity contribution < 1.29 is 0 Å². The van der Waals surface area contributed by atoms with Crippen LogP contribution in [-0.2, 0) is 0 Å². The Morgan fingerprint density at radius 2 is 2.12 bits per heavy atom. The maximum atomic E-state index is 3.52. The summed E-state index contributed by atoms with van der Waals surface area (Å²) in [5, 5.41) is 3.52. The van der Waals surface area contributed by atoms with Crippen molar-refractivity contribution in [2.45, 2.75) is 38.6 Å². The van der Waals surface area contributed by atoms with Gasteiger partial charge in [0.05, 0.1) is 0 Å². The fraction of sp³-hybridized carbons (Fsp3) is 0.600. The minimum atomic E-state index is 0.678. The molecule has 1 fully saturated rings. The lowest BCUT2D eigenvalue weighted by Crippen LogP contribution is -2.46. The maximum Gasteiger partial charge on any atom is 0.0415 e. The number of para-hydroxylation sites is 1. The highest BCUT2D eigenvalue weighted by Crippen LogP contribution is 2.20. The predicted octanol–water partition coefficient (Wildman–Crippen LogP) is 3.05. The van der Waals surface area contributed by atoms with Crippen LogP contribution in [0.3, 0.4) is 0 Å². The largest absolute Gasteiger partial charge is 0.367 e. The molecule has 0 amide bonds. The molecule has 2 heteroatoms. The Hall–Kier alpha value is -1.02. The second-order valence-corrected chi connectivity index (χ2v) is 4.88. The summed E-state index contributed by atoms with van der Waals surface area (Å²) in [6.07, 6.45) is 5.18. The van der Waals surface area contributed by atoms with Crippen LogP contribution >= 0.6 is 0 Å². The molecule has 1 aromatic rings. The molecule has 0 spiro atoms. The fourth-order valence-corrected chi connectivity index (χ4v) is 2.57. The van der Waals surface area contributed by atoms with E-state index in [4.69, 9.17) is 0 Å². The van der Waals surface area contributed by atoms with Gasteiger partial charge in [-0.2, -0.15) is 0 Å². The third-order valence-corrected chi connectivity index (χ3v) is 3.55. The quantitative estimate of drug-likeness (QED) is 0.839. The van der Waals surface area contributed by atoms with Gasteiger partial charge in [0.1, 0.15) is 0 Å². The molecule has 2 rings (SSSR count). The summed E-state index contributed by atoms with van der Waals surface area (Å²) in [5.41, 5.74) is 1.38. The highest BCUT2D eigenvalue weighted by Gasteiger charge is 2.20. The van der Waals surface area contributed by atoms with Gasteiger partial charge in [-0.1, -0.05) is 31.5 Å². The van der Waals surface area contributed by atoms with Gasteiger partial charge in [0, 0.05) is 24.8 Å². The maximum absolute atomic E-state index is 3.52. The van der Waals surface area contributed by atoms with Gasteiger partial charge in [-0.3, -0.25) is 0 Å². The monoisotopic (exact) mass is 232 g/mol. The van der Waals surface area contributed by atoms with E-state index in [1.165, 1.54) is 44.5 Å². The first-order chi connectivity index (χ1) is 8.42. The SMILES string of the molecule is CCCCN(c1ccccc1)C1CCCNC1. The molecule has 0 radical (unpaired) electrons.